The number of methoxy groups -OCH3 is 1. The van der Waals surface area contributed by atoms with Crippen LogP contribution in [0.1, 0.15) is 18.5 Å². The number of esters is 1. The van der Waals surface area contributed by atoms with E-state index in [4.69, 9.17) is 4.74 Å². The second kappa shape index (κ2) is 5.48. The molecule has 1 aliphatic heterocycles. The van der Waals surface area contributed by atoms with Crippen LogP contribution in [-0.4, -0.2) is 38.2 Å². The number of nitrogens with one attached hydrogen (secondary N) is 1. The average Bonchev–Trinajstić information content (AvgIpc) is 3.00. The number of carbonyl (C=O) groups excluding carboxylic acids is 1. The maximum Gasteiger partial charge on any atom is 0.338 e. The number of allylic oxidation sites excluding steroid dienone is 1. The Hall–Kier alpha value is -3.30. The Morgan fingerprint density at radius 1 is 1.43 bits per heavy atom. The van der Waals surface area contributed by atoms with Gasteiger partial charge in [0.25, 0.3) is 5.69 Å². The number of para-hydroxylation sites is 1. The van der Waals surface area contributed by atoms with Crippen LogP contribution in [0.15, 0.2) is 35.5 Å². The fraction of sp³-hybridized carbons (Fsp3) is 0.231. The molecule has 0 spiro atoms. The lowest BCUT2D eigenvalue weighted by Crippen LogP contribution is -2.29. The Bertz CT molecular complexity index is 827. The van der Waals surface area contributed by atoms with Crippen molar-refractivity contribution >= 4 is 17.6 Å². The van der Waals surface area contributed by atoms with Crippen molar-refractivity contribution in [2.45, 2.75) is 13.0 Å². The van der Waals surface area contributed by atoms with Crippen molar-refractivity contribution in [3.8, 4) is 0 Å². The minimum atomic E-state index is -0.852. The lowest BCUT2D eigenvalue weighted by molar-refractivity contribution is -0.385. The predicted molar refractivity (Wildman–Crippen MR) is 77.4 cm³/mol. The van der Waals surface area contributed by atoms with Crippen LogP contribution in [0.25, 0.3) is 0 Å². The van der Waals surface area contributed by atoms with Crippen molar-refractivity contribution in [1.82, 2.24) is 20.2 Å². The van der Waals surface area contributed by atoms with Gasteiger partial charge in [0, 0.05) is 11.8 Å². The van der Waals surface area contributed by atoms with Gasteiger partial charge in [-0.1, -0.05) is 17.2 Å². The molecule has 23 heavy (non-hydrogen) atoms. The van der Waals surface area contributed by atoms with Crippen molar-refractivity contribution in [2.75, 3.05) is 12.4 Å². The third-order valence-corrected chi connectivity index (χ3v) is 3.55. The second-order valence-corrected chi connectivity index (χ2v) is 4.82. The number of aromatic nitrogens is 4. The van der Waals surface area contributed by atoms with Crippen molar-refractivity contribution in [2.24, 2.45) is 0 Å². The summed E-state index contributed by atoms with van der Waals surface area (Å²) >= 11 is 0. The molecule has 0 saturated carbocycles. The van der Waals surface area contributed by atoms with Gasteiger partial charge in [-0.05, 0) is 23.4 Å². The number of nitro groups is 1. The minimum Gasteiger partial charge on any atom is -0.466 e. The first-order valence-corrected chi connectivity index (χ1v) is 6.62. The number of ether oxygens (including phenoxy) is 1. The minimum absolute atomic E-state index is 0.130. The summed E-state index contributed by atoms with van der Waals surface area (Å²) in [5.74, 6) is -0.322. The Morgan fingerprint density at radius 3 is 2.87 bits per heavy atom. The maximum absolute atomic E-state index is 12.2. The molecule has 2 aromatic rings. The number of hydrogen-bond donors (Lipinski definition) is 1. The molecule has 0 fully saturated rings. The third-order valence-electron chi connectivity index (χ3n) is 3.55. The van der Waals surface area contributed by atoms with Gasteiger partial charge in [0.15, 0.2) is 0 Å². The van der Waals surface area contributed by atoms with Gasteiger partial charge < -0.3 is 10.1 Å². The maximum atomic E-state index is 12.2. The van der Waals surface area contributed by atoms with E-state index in [1.807, 2.05) is 0 Å². The van der Waals surface area contributed by atoms with Crippen molar-refractivity contribution < 1.29 is 14.5 Å². The van der Waals surface area contributed by atoms with Gasteiger partial charge in [-0.15, -0.1) is 0 Å². The molecule has 0 aliphatic carbocycles. The number of nitrogens with zero attached hydrogens (tertiary/aromatic N) is 5. The monoisotopic (exact) mass is 316 g/mol. The topological polar surface area (TPSA) is 125 Å². The van der Waals surface area contributed by atoms with Crippen LogP contribution in [0.2, 0.25) is 0 Å². The zero-order valence-electron chi connectivity index (χ0n) is 12.3. The van der Waals surface area contributed by atoms with Crippen LogP contribution >= 0.6 is 0 Å². The lowest BCUT2D eigenvalue weighted by Gasteiger charge is -2.26. The van der Waals surface area contributed by atoms with Gasteiger partial charge in [0.2, 0.25) is 5.95 Å². The van der Waals surface area contributed by atoms with Gasteiger partial charge in [-0.3, -0.25) is 10.1 Å². The molecule has 0 saturated heterocycles. The predicted octanol–water partition coefficient (Wildman–Crippen LogP) is 1.04. The molecule has 1 atom stereocenters. The van der Waals surface area contributed by atoms with E-state index in [0.717, 1.165) is 0 Å². The van der Waals surface area contributed by atoms with E-state index >= 15 is 0 Å². The summed E-state index contributed by atoms with van der Waals surface area (Å²) < 4.78 is 6.14. The highest BCUT2D eigenvalue weighted by Gasteiger charge is 2.37. The van der Waals surface area contributed by atoms with Gasteiger partial charge in [0.1, 0.15) is 6.04 Å². The summed E-state index contributed by atoms with van der Waals surface area (Å²) in [6, 6.07) is 5.28. The fourth-order valence-electron chi connectivity index (χ4n) is 2.56. The SMILES string of the molecule is COC(=O)C1=C(C)Nc2nnnn2[C@H]1c1ccccc1[N+](=O)[O-]. The van der Waals surface area contributed by atoms with Crippen LogP contribution in [0.3, 0.4) is 0 Å². The quantitative estimate of drug-likeness (QED) is 0.506. The molecule has 10 nitrogen and oxygen atoms in total. The first kappa shape index (κ1) is 14.6. The number of carbonyl (C=O) groups is 1. The number of tetrazole rings is 1. The van der Waals surface area contributed by atoms with E-state index in [-0.39, 0.29) is 11.3 Å². The van der Waals surface area contributed by atoms with Crippen LogP contribution in [-0.2, 0) is 9.53 Å². The molecule has 0 amide bonds. The number of nitro benzene ring substituents is 1. The van der Waals surface area contributed by atoms with E-state index in [1.165, 1.54) is 17.9 Å². The molecule has 1 aliphatic rings. The highest BCUT2D eigenvalue weighted by molar-refractivity contribution is 5.92. The van der Waals surface area contributed by atoms with Crippen molar-refractivity contribution in [3.05, 3.63) is 51.2 Å². The Balaban J connectivity index is 2.26. The van der Waals surface area contributed by atoms with Crippen LogP contribution in [0.4, 0.5) is 11.6 Å². The van der Waals surface area contributed by atoms with E-state index < -0.39 is 16.9 Å². The molecular weight excluding hydrogens is 304 g/mol. The summed E-state index contributed by atoms with van der Waals surface area (Å²) in [7, 11) is 1.24. The Kier molecular flexibility index (Phi) is 3.48. The molecule has 3 rings (SSSR count). The van der Waals surface area contributed by atoms with Crippen LogP contribution in [0, 0.1) is 10.1 Å². The summed E-state index contributed by atoms with van der Waals surface area (Å²) in [6.07, 6.45) is 0. The molecule has 10 heteroatoms. The molecule has 1 aromatic carbocycles. The van der Waals surface area contributed by atoms with Crippen molar-refractivity contribution in [1.29, 1.82) is 0 Å². The molecule has 2 heterocycles. The molecule has 0 unspecified atom stereocenters. The highest BCUT2D eigenvalue weighted by Crippen LogP contribution is 2.38. The number of hydrogen-bond acceptors (Lipinski definition) is 8. The van der Waals surface area contributed by atoms with E-state index in [2.05, 4.69) is 20.8 Å². The fourth-order valence-corrected chi connectivity index (χ4v) is 2.56. The Labute approximate surface area is 129 Å². The van der Waals surface area contributed by atoms with E-state index in [9.17, 15) is 14.9 Å². The first-order chi connectivity index (χ1) is 11.0. The van der Waals surface area contributed by atoms with Crippen LogP contribution < -0.4 is 5.32 Å². The summed E-state index contributed by atoms with van der Waals surface area (Å²) in [5.41, 5.74) is 0.853. The normalized spacial score (nSPS) is 16.5. The average molecular weight is 316 g/mol. The third kappa shape index (κ3) is 2.29. The molecule has 118 valence electrons. The zero-order valence-corrected chi connectivity index (χ0v) is 12.3. The number of rotatable bonds is 3. The smallest absolute Gasteiger partial charge is 0.338 e. The number of anilines is 1. The summed E-state index contributed by atoms with van der Waals surface area (Å²) in [6.45, 7) is 1.66. The first-order valence-electron chi connectivity index (χ1n) is 6.62. The summed E-state index contributed by atoms with van der Waals surface area (Å²) in [4.78, 5) is 23.0. The second-order valence-electron chi connectivity index (χ2n) is 4.82. The molecule has 0 bridgehead atoms. The largest absolute Gasteiger partial charge is 0.466 e. The van der Waals surface area contributed by atoms with E-state index in [0.29, 0.717) is 17.2 Å². The molecular formula is C13H12N6O4. The van der Waals surface area contributed by atoms with E-state index in [1.54, 1.807) is 25.1 Å². The molecule has 1 N–H and O–H groups in total. The van der Waals surface area contributed by atoms with Gasteiger partial charge in [-0.2, -0.15) is 4.68 Å². The zero-order chi connectivity index (χ0) is 16.6. The number of fused-ring (bicyclic) bond motifs is 1. The van der Waals surface area contributed by atoms with Gasteiger partial charge in [-0.25, -0.2) is 4.79 Å². The molecule has 1 aromatic heterocycles. The summed E-state index contributed by atoms with van der Waals surface area (Å²) in [5, 5.41) is 25.4. The van der Waals surface area contributed by atoms with Gasteiger partial charge >= 0.3 is 5.97 Å². The highest BCUT2D eigenvalue weighted by atomic mass is 16.6. The molecule has 0 radical (unpaired) electrons. The standard InChI is InChI=1S/C13H12N6O4/c1-7-10(12(20)23-2)11(18-13(14-7)15-16-17-18)8-5-3-4-6-9(8)19(21)22/h3-6,11H,1-2H3,(H,14,15,17)/t11-/m0/s1. The lowest BCUT2D eigenvalue weighted by atomic mass is 9.94. The van der Waals surface area contributed by atoms with Gasteiger partial charge in [0.05, 0.1) is 23.2 Å². The van der Waals surface area contributed by atoms with Crippen LogP contribution in [0.5, 0.6) is 0 Å². The number of benzene rings is 1. The van der Waals surface area contributed by atoms with Crippen molar-refractivity contribution in [3.63, 3.8) is 0 Å². The Morgan fingerprint density at radius 2 is 2.17 bits per heavy atom.